The average molecular weight is 204 g/mol. The van der Waals surface area contributed by atoms with Crippen LogP contribution in [-0.2, 0) is 4.84 Å². The van der Waals surface area contributed by atoms with Gasteiger partial charge in [0.15, 0.2) is 0 Å². The Kier molecular flexibility index (Phi) is 2.43. The fourth-order valence-corrected chi connectivity index (χ4v) is 1.62. The predicted octanol–water partition coefficient (Wildman–Crippen LogP) is 1.18. The van der Waals surface area contributed by atoms with Gasteiger partial charge in [0.05, 0.1) is 19.3 Å². The molecule has 1 aromatic rings. The number of anilines is 1. The molecule has 4 nitrogen and oxygen atoms in total. The van der Waals surface area contributed by atoms with Crippen molar-refractivity contribution in [3.8, 4) is 0 Å². The van der Waals surface area contributed by atoms with E-state index in [1.54, 1.807) is 24.3 Å². The molecule has 0 saturated heterocycles. The Bertz CT molecular complexity index is 427. The van der Waals surface area contributed by atoms with Crippen molar-refractivity contribution >= 4 is 17.7 Å². The first-order valence-electron chi connectivity index (χ1n) is 4.64. The molecule has 15 heavy (non-hydrogen) atoms. The van der Waals surface area contributed by atoms with E-state index < -0.39 is 5.91 Å². The van der Waals surface area contributed by atoms with Crippen molar-refractivity contribution in [1.29, 1.82) is 0 Å². The molecule has 2 N–H and O–H groups in total. The highest BCUT2D eigenvalue weighted by atomic mass is 16.7. The Morgan fingerprint density at radius 1 is 1.53 bits per heavy atom. The van der Waals surface area contributed by atoms with Crippen LogP contribution in [0.25, 0.3) is 6.08 Å². The molecule has 0 atom stereocenters. The third-order valence-electron chi connectivity index (χ3n) is 2.37. The lowest BCUT2D eigenvalue weighted by Crippen LogP contribution is -2.24. The fraction of sp³-hybridized carbons (Fsp3) is 0.182. The molecule has 1 aromatic carbocycles. The molecule has 0 radical (unpaired) electrons. The number of hydroxylamine groups is 1. The first-order chi connectivity index (χ1) is 7.22. The van der Waals surface area contributed by atoms with Gasteiger partial charge in [0.1, 0.15) is 0 Å². The lowest BCUT2D eigenvalue weighted by Gasteiger charge is -2.25. The van der Waals surface area contributed by atoms with Crippen molar-refractivity contribution in [1.82, 2.24) is 0 Å². The Hall–Kier alpha value is -1.81. The SMILES string of the molecule is CON1CC=Cc2cc(C(N)=O)ccc21. The van der Waals surface area contributed by atoms with Crippen LogP contribution in [0.3, 0.4) is 0 Å². The highest BCUT2D eigenvalue weighted by molar-refractivity contribution is 5.94. The molecule has 0 bridgehead atoms. The van der Waals surface area contributed by atoms with Crippen LogP contribution in [0.1, 0.15) is 15.9 Å². The monoisotopic (exact) mass is 204 g/mol. The summed E-state index contributed by atoms with van der Waals surface area (Å²) in [5.41, 5.74) is 7.61. The average Bonchev–Trinajstić information content (AvgIpc) is 2.27. The van der Waals surface area contributed by atoms with Crippen LogP contribution in [0.2, 0.25) is 0 Å². The number of carbonyl (C=O) groups excluding carboxylic acids is 1. The van der Waals surface area contributed by atoms with Gasteiger partial charge < -0.3 is 5.73 Å². The molecule has 0 fully saturated rings. The van der Waals surface area contributed by atoms with Crippen molar-refractivity contribution in [2.45, 2.75) is 0 Å². The molecule has 1 amide bonds. The fourth-order valence-electron chi connectivity index (χ4n) is 1.62. The normalized spacial score (nSPS) is 13.8. The van der Waals surface area contributed by atoms with Gasteiger partial charge in [-0.05, 0) is 18.2 Å². The molecule has 2 rings (SSSR count). The molecule has 0 spiro atoms. The van der Waals surface area contributed by atoms with Crippen molar-refractivity contribution in [2.24, 2.45) is 5.73 Å². The maximum atomic E-state index is 11.0. The number of benzene rings is 1. The minimum Gasteiger partial charge on any atom is -0.366 e. The Labute approximate surface area is 87.9 Å². The first kappa shape index (κ1) is 9.73. The van der Waals surface area contributed by atoms with Crippen molar-refractivity contribution < 1.29 is 9.63 Å². The van der Waals surface area contributed by atoms with E-state index in [4.69, 9.17) is 10.6 Å². The summed E-state index contributed by atoms with van der Waals surface area (Å²) in [5.74, 6) is -0.416. The van der Waals surface area contributed by atoms with Gasteiger partial charge in [-0.2, -0.15) is 0 Å². The van der Waals surface area contributed by atoms with Crippen molar-refractivity contribution in [2.75, 3.05) is 18.7 Å². The summed E-state index contributed by atoms with van der Waals surface area (Å²) in [6.45, 7) is 0.708. The Morgan fingerprint density at radius 3 is 3.00 bits per heavy atom. The quantitative estimate of drug-likeness (QED) is 0.787. The summed E-state index contributed by atoms with van der Waals surface area (Å²) in [7, 11) is 1.62. The number of fused-ring (bicyclic) bond motifs is 1. The third kappa shape index (κ3) is 1.71. The highest BCUT2D eigenvalue weighted by Crippen LogP contribution is 2.26. The maximum Gasteiger partial charge on any atom is 0.248 e. The summed E-state index contributed by atoms with van der Waals surface area (Å²) in [6.07, 6.45) is 3.92. The second-order valence-electron chi connectivity index (χ2n) is 3.28. The van der Waals surface area contributed by atoms with Crippen LogP contribution in [-0.4, -0.2) is 19.6 Å². The van der Waals surface area contributed by atoms with Gasteiger partial charge in [0, 0.05) is 11.1 Å². The second kappa shape index (κ2) is 3.74. The van der Waals surface area contributed by atoms with E-state index in [1.807, 2.05) is 18.2 Å². The van der Waals surface area contributed by atoms with Gasteiger partial charge in [0.2, 0.25) is 5.91 Å². The molecule has 0 saturated carbocycles. The Balaban J connectivity index is 2.46. The topological polar surface area (TPSA) is 55.6 Å². The Morgan fingerprint density at radius 2 is 2.33 bits per heavy atom. The zero-order chi connectivity index (χ0) is 10.8. The number of amides is 1. The van der Waals surface area contributed by atoms with Gasteiger partial charge in [-0.15, -0.1) is 0 Å². The summed E-state index contributed by atoms with van der Waals surface area (Å²) >= 11 is 0. The third-order valence-corrected chi connectivity index (χ3v) is 2.37. The largest absolute Gasteiger partial charge is 0.366 e. The van der Waals surface area contributed by atoms with Crippen LogP contribution in [0.5, 0.6) is 0 Å². The summed E-state index contributed by atoms with van der Waals surface area (Å²) in [6, 6.07) is 5.30. The smallest absolute Gasteiger partial charge is 0.248 e. The van der Waals surface area contributed by atoms with Gasteiger partial charge in [0.25, 0.3) is 0 Å². The number of primary amides is 1. The van der Waals surface area contributed by atoms with E-state index in [1.165, 1.54) is 0 Å². The molecular formula is C11H12N2O2. The second-order valence-corrected chi connectivity index (χ2v) is 3.28. The molecular weight excluding hydrogens is 192 g/mol. The van der Waals surface area contributed by atoms with Crippen LogP contribution in [0.15, 0.2) is 24.3 Å². The minimum atomic E-state index is -0.416. The van der Waals surface area contributed by atoms with E-state index in [9.17, 15) is 4.79 Å². The zero-order valence-electron chi connectivity index (χ0n) is 8.43. The molecule has 0 aliphatic carbocycles. The molecule has 1 aliphatic rings. The van der Waals surface area contributed by atoms with Gasteiger partial charge in [-0.3, -0.25) is 14.7 Å². The number of nitrogens with zero attached hydrogens (tertiary/aromatic N) is 1. The lowest BCUT2D eigenvalue weighted by molar-refractivity contribution is 0.1000. The summed E-state index contributed by atoms with van der Waals surface area (Å²) in [5, 5.41) is 1.75. The van der Waals surface area contributed by atoms with E-state index in [2.05, 4.69) is 0 Å². The number of hydrogen-bond acceptors (Lipinski definition) is 3. The van der Waals surface area contributed by atoms with E-state index in [-0.39, 0.29) is 0 Å². The van der Waals surface area contributed by atoms with Gasteiger partial charge in [-0.25, -0.2) is 0 Å². The highest BCUT2D eigenvalue weighted by Gasteiger charge is 2.13. The van der Waals surface area contributed by atoms with Crippen LogP contribution in [0.4, 0.5) is 5.69 Å². The standard InChI is InChI=1S/C11H12N2O2/c1-15-13-6-2-3-8-7-9(11(12)14)4-5-10(8)13/h2-5,7H,6H2,1H3,(H2,12,14). The molecule has 0 aromatic heterocycles. The summed E-state index contributed by atoms with van der Waals surface area (Å²) < 4.78 is 0. The molecule has 0 unspecified atom stereocenters. The van der Waals surface area contributed by atoms with E-state index in [0.717, 1.165) is 11.3 Å². The molecule has 1 aliphatic heterocycles. The van der Waals surface area contributed by atoms with Crippen molar-refractivity contribution in [3.63, 3.8) is 0 Å². The lowest BCUT2D eigenvalue weighted by atomic mass is 10.1. The van der Waals surface area contributed by atoms with Crippen LogP contribution < -0.4 is 10.8 Å². The summed E-state index contributed by atoms with van der Waals surface area (Å²) in [4.78, 5) is 16.2. The van der Waals surface area contributed by atoms with Gasteiger partial charge >= 0.3 is 0 Å². The number of nitrogens with two attached hydrogens (primary N) is 1. The number of hydrogen-bond donors (Lipinski definition) is 1. The zero-order valence-corrected chi connectivity index (χ0v) is 8.43. The van der Waals surface area contributed by atoms with Gasteiger partial charge in [-0.1, -0.05) is 12.2 Å². The minimum absolute atomic E-state index is 0.416. The molecule has 1 heterocycles. The van der Waals surface area contributed by atoms with Crippen LogP contribution >= 0.6 is 0 Å². The van der Waals surface area contributed by atoms with E-state index >= 15 is 0 Å². The predicted molar refractivity (Wildman–Crippen MR) is 58.3 cm³/mol. The van der Waals surface area contributed by atoms with Crippen LogP contribution in [0, 0.1) is 0 Å². The number of carbonyl (C=O) groups is 1. The molecule has 4 heteroatoms. The first-order valence-corrected chi connectivity index (χ1v) is 4.64. The number of rotatable bonds is 2. The van der Waals surface area contributed by atoms with Crippen molar-refractivity contribution in [3.05, 3.63) is 35.4 Å². The molecule has 78 valence electrons. The maximum absolute atomic E-state index is 11.0. The van der Waals surface area contributed by atoms with E-state index in [0.29, 0.717) is 12.1 Å².